The Morgan fingerprint density at radius 1 is 1.56 bits per heavy atom. The Morgan fingerprint density at radius 3 is 2.62 bits per heavy atom. The number of carbonyl (C=O) groups excluding carboxylic acids is 1. The van der Waals surface area contributed by atoms with Crippen molar-refractivity contribution in [2.75, 3.05) is 6.54 Å². The number of nitrogens with zero attached hydrogens (tertiary/aromatic N) is 1. The Bertz CT molecular complexity index is 355. The minimum absolute atomic E-state index is 0.0301. The van der Waals surface area contributed by atoms with Gasteiger partial charge in [0.05, 0.1) is 0 Å². The van der Waals surface area contributed by atoms with E-state index in [1.807, 2.05) is 6.92 Å². The van der Waals surface area contributed by atoms with E-state index in [0.717, 1.165) is 19.3 Å². The van der Waals surface area contributed by atoms with Gasteiger partial charge < -0.3 is 4.90 Å². The first-order valence-electron chi connectivity index (χ1n) is 5.59. The Balaban J connectivity index is 2.61. The van der Waals surface area contributed by atoms with Gasteiger partial charge in [-0.2, -0.15) is 0 Å². The summed E-state index contributed by atoms with van der Waals surface area (Å²) in [5.74, 6) is -0.0992. The molecule has 0 bridgehead atoms. The fourth-order valence-corrected chi connectivity index (χ4v) is 3.01. The van der Waals surface area contributed by atoms with Gasteiger partial charge in [0, 0.05) is 29.7 Å². The highest BCUT2D eigenvalue weighted by Gasteiger charge is 2.38. The summed E-state index contributed by atoms with van der Waals surface area (Å²) in [6.07, 6.45) is 3.06. The zero-order valence-electron chi connectivity index (χ0n) is 9.65. The summed E-state index contributed by atoms with van der Waals surface area (Å²) < 4.78 is 22.3. The number of hydrogen-bond acceptors (Lipinski definition) is 3. The summed E-state index contributed by atoms with van der Waals surface area (Å²) in [5.41, 5.74) is 0. The fourth-order valence-electron chi connectivity index (χ4n) is 1.97. The molecule has 0 aliphatic carbocycles. The zero-order valence-corrected chi connectivity index (χ0v) is 11.2. The average molecular weight is 268 g/mol. The number of hydrogen-bond donors (Lipinski definition) is 0. The molecule has 94 valence electrons. The Kier molecular flexibility index (Phi) is 4.62. The summed E-state index contributed by atoms with van der Waals surface area (Å²) in [7, 11) is 1.66. The van der Waals surface area contributed by atoms with Crippen LogP contribution in [0.15, 0.2) is 0 Å². The largest absolute Gasteiger partial charge is 0.339 e. The summed E-state index contributed by atoms with van der Waals surface area (Å²) >= 11 is 0. The van der Waals surface area contributed by atoms with Crippen molar-refractivity contribution in [3.05, 3.63) is 0 Å². The monoisotopic (exact) mass is 267 g/mol. The maximum atomic E-state index is 11.6. The van der Waals surface area contributed by atoms with Gasteiger partial charge in [-0.1, -0.05) is 19.8 Å². The molecule has 2 unspecified atom stereocenters. The second-order valence-electron chi connectivity index (χ2n) is 4.34. The number of halogens is 1. The van der Waals surface area contributed by atoms with Crippen LogP contribution in [0.25, 0.3) is 0 Å². The molecule has 0 spiro atoms. The summed E-state index contributed by atoms with van der Waals surface area (Å²) in [5, 5.41) is -0.731. The first-order chi connectivity index (χ1) is 7.36. The van der Waals surface area contributed by atoms with Crippen molar-refractivity contribution in [3.8, 4) is 0 Å². The second kappa shape index (κ2) is 5.36. The van der Waals surface area contributed by atoms with Crippen LogP contribution in [-0.2, 0) is 13.8 Å². The van der Waals surface area contributed by atoms with Gasteiger partial charge in [-0.3, -0.25) is 4.79 Å². The van der Waals surface area contributed by atoms with Crippen LogP contribution in [0.2, 0.25) is 0 Å². The van der Waals surface area contributed by atoms with Crippen LogP contribution in [0, 0.1) is 0 Å². The highest BCUT2D eigenvalue weighted by Crippen LogP contribution is 2.24. The van der Waals surface area contributed by atoms with Gasteiger partial charge in [-0.05, 0) is 13.3 Å². The van der Waals surface area contributed by atoms with Crippen LogP contribution in [-0.4, -0.2) is 37.1 Å². The lowest BCUT2D eigenvalue weighted by Gasteiger charge is -2.24. The zero-order chi connectivity index (χ0) is 12.3. The van der Waals surface area contributed by atoms with Crippen LogP contribution < -0.4 is 0 Å². The second-order valence-corrected chi connectivity index (χ2v) is 7.25. The Labute approximate surface area is 101 Å². The Morgan fingerprint density at radius 2 is 2.19 bits per heavy atom. The van der Waals surface area contributed by atoms with E-state index in [-0.39, 0.29) is 24.9 Å². The van der Waals surface area contributed by atoms with Gasteiger partial charge in [-0.15, -0.1) is 0 Å². The van der Waals surface area contributed by atoms with E-state index in [9.17, 15) is 13.2 Å². The molecule has 1 aliphatic rings. The van der Waals surface area contributed by atoms with E-state index in [2.05, 4.69) is 6.92 Å². The standard InChI is InChI=1S/C10H18ClNO3S/c1-3-4-5-8(2)12-7-9(6-10(12)13)16(11,14)15/h8-9H,3-7H2,1-2H3. The molecule has 16 heavy (non-hydrogen) atoms. The minimum atomic E-state index is -3.61. The molecule has 0 aromatic rings. The third kappa shape index (κ3) is 3.35. The van der Waals surface area contributed by atoms with Crippen molar-refractivity contribution in [3.63, 3.8) is 0 Å². The number of amides is 1. The molecule has 4 nitrogen and oxygen atoms in total. The topological polar surface area (TPSA) is 54.5 Å². The average Bonchev–Trinajstić information content (AvgIpc) is 2.56. The lowest BCUT2D eigenvalue weighted by atomic mass is 10.1. The number of unbranched alkanes of at least 4 members (excludes halogenated alkanes) is 1. The first kappa shape index (κ1) is 13.8. The molecule has 0 saturated carbocycles. The Hall–Kier alpha value is -0.290. The normalized spacial score (nSPS) is 23.8. The molecule has 0 N–H and O–H groups in total. The number of carbonyl (C=O) groups is 1. The molecular formula is C10H18ClNO3S. The van der Waals surface area contributed by atoms with Crippen LogP contribution in [0.4, 0.5) is 0 Å². The smallest absolute Gasteiger partial charge is 0.237 e. The molecule has 1 amide bonds. The van der Waals surface area contributed by atoms with Gasteiger partial charge >= 0.3 is 0 Å². The van der Waals surface area contributed by atoms with Crippen LogP contribution >= 0.6 is 10.7 Å². The van der Waals surface area contributed by atoms with E-state index in [0.29, 0.717) is 0 Å². The molecule has 2 atom stereocenters. The van der Waals surface area contributed by atoms with Gasteiger partial charge in [0.1, 0.15) is 5.25 Å². The van der Waals surface area contributed by atoms with Crippen molar-refractivity contribution in [2.24, 2.45) is 0 Å². The molecule has 6 heteroatoms. The third-order valence-corrected chi connectivity index (χ3v) is 4.90. The SMILES string of the molecule is CCCCC(C)N1CC(S(=O)(=O)Cl)CC1=O. The predicted molar refractivity (Wildman–Crippen MR) is 63.9 cm³/mol. The third-order valence-electron chi connectivity index (χ3n) is 3.03. The van der Waals surface area contributed by atoms with E-state index in [1.54, 1.807) is 4.90 Å². The maximum Gasteiger partial charge on any atom is 0.237 e. The predicted octanol–water partition coefficient (Wildman–Crippen LogP) is 1.73. The molecule has 1 fully saturated rings. The molecule has 1 rings (SSSR count). The lowest BCUT2D eigenvalue weighted by Crippen LogP contribution is -2.35. The van der Waals surface area contributed by atoms with Crippen molar-refractivity contribution in [1.82, 2.24) is 4.90 Å². The van der Waals surface area contributed by atoms with Crippen molar-refractivity contribution >= 4 is 25.6 Å². The van der Waals surface area contributed by atoms with Crippen LogP contribution in [0.5, 0.6) is 0 Å². The number of likely N-dealkylation sites (tertiary alicyclic amines) is 1. The molecular weight excluding hydrogens is 250 g/mol. The summed E-state index contributed by atoms with van der Waals surface area (Å²) in [6.45, 7) is 4.29. The van der Waals surface area contributed by atoms with E-state index in [4.69, 9.17) is 10.7 Å². The first-order valence-corrected chi connectivity index (χ1v) is 7.96. The molecule has 1 aliphatic heterocycles. The van der Waals surface area contributed by atoms with Gasteiger partial charge in [0.25, 0.3) is 0 Å². The van der Waals surface area contributed by atoms with Crippen molar-refractivity contribution < 1.29 is 13.2 Å². The molecule has 0 radical (unpaired) electrons. The molecule has 1 heterocycles. The summed E-state index contributed by atoms with van der Waals surface area (Å²) in [4.78, 5) is 13.3. The van der Waals surface area contributed by atoms with Crippen LogP contribution in [0.3, 0.4) is 0 Å². The van der Waals surface area contributed by atoms with E-state index < -0.39 is 14.3 Å². The van der Waals surface area contributed by atoms with Gasteiger partial charge in [0.2, 0.25) is 15.0 Å². The molecule has 0 aromatic heterocycles. The molecule has 0 aromatic carbocycles. The van der Waals surface area contributed by atoms with E-state index in [1.165, 1.54) is 0 Å². The molecule has 1 saturated heterocycles. The maximum absolute atomic E-state index is 11.6. The van der Waals surface area contributed by atoms with Crippen LogP contribution in [0.1, 0.15) is 39.5 Å². The minimum Gasteiger partial charge on any atom is -0.339 e. The van der Waals surface area contributed by atoms with Gasteiger partial charge in [-0.25, -0.2) is 8.42 Å². The van der Waals surface area contributed by atoms with E-state index >= 15 is 0 Å². The lowest BCUT2D eigenvalue weighted by molar-refractivity contribution is -0.129. The number of rotatable bonds is 5. The van der Waals surface area contributed by atoms with Gasteiger partial charge in [0.15, 0.2) is 0 Å². The quantitative estimate of drug-likeness (QED) is 0.713. The highest BCUT2D eigenvalue weighted by atomic mass is 35.7. The summed E-state index contributed by atoms with van der Waals surface area (Å²) in [6, 6.07) is 0.107. The van der Waals surface area contributed by atoms with Crippen molar-refractivity contribution in [1.29, 1.82) is 0 Å². The van der Waals surface area contributed by atoms with Crippen molar-refractivity contribution in [2.45, 2.75) is 50.8 Å². The fraction of sp³-hybridized carbons (Fsp3) is 0.900. The highest BCUT2D eigenvalue weighted by molar-refractivity contribution is 8.14.